The maximum atomic E-state index is 12.3. The Morgan fingerprint density at radius 1 is 1.27 bits per heavy atom. The highest BCUT2D eigenvalue weighted by atomic mass is 35.5. The topological polar surface area (TPSA) is 54.0 Å². The van der Waals surface area contributed by atoms with Crippen molar-refractivity contribution < 1.29 is 4.79 Å². The third-order valence-corrected chi connectivity index (χ3v) is 4.53. The molecule has 0 saturated heterocycles. The number of rotatable bonds is 2. The zero-order chi connectivity index (χ0) is 14.1. The lowest BCUT2D eigenvalue weighted by molar-refractivity contribution is 0.103. The first kappa shape index (κ1) is 18.9. The van der Waals surface area contributed by atoms with Crippen LogP contribution in [0.5, 0.6) is 0 Å². The van der Waals surface area contributed by atoms with E-state index < -0.39 is 0 Å². The first-order chi connectivity index (χ1) is 9.63. The molecule has 2 aromatic rings. The first-order valence-electron chi connectivity index (χ1n) is 6.71. The number of nitrogens with zero attached hydrogens (tertiary/aromatic N) is 1. The summed E-state index contributed by atoms with van der Waals surface area (Å²) in [4.78, 5) is 17.2. The highest BCUT2D eigenvalue weighted by Crippen LogP contribution is 2.22. The van der Waals surface area contributed by atoms with Crippen LogP contribution >= 0.6 is 36.2 Å². The number of thiazole rings is 1. The number of carbonyl (C=O) groups excluding carboxylic acids is 1. The van der Waals surface area contributed by atoms with Gasteiger partial charge in [0.05, 0.1) is 10.7 Å². The van der Waals surface area contributed by atoms with Crippen molar-refractivity contribution in [1.82, 2.24) is 10.3 Å². The Morgan fingerprint density at radius 2 is 2.05 bits per heavy atom. The molecule has 1 aromatic heterocycles. The van der Waals surface area contributed by atoms with Gasteiger partial charge in [-0.3, -0.25) is 4.79 Å². The van der Waals surface area contributed by atoms with Gasteiger partial charge in [-0.15, -0.1) is 36.2 Å². The molecule has 0 saturated carbocycles. The van der Waals surface area contributed by atoms with Gasteiger partial charge < -0.3 is 10.6 Å². The van der Waals surface area contributed by atoms with Crippen molar-refractivity contribution >= 4 is 47.7 Å². The van der Waals surface area contributed by atoms with Crippen molar-refractivity contribution in [2.75, 3.05) is 11.9 Å². The number of amides is 1. The van der Waals surface area contributed by atoms with E-state index >= 15 is 0 Å². The number of benzene rings is 1. The fourth-order valence-corrected chi connectivity index (χ4v) is 3.30. The van der Waals surface area contributed by atoms with E-state index in [1.807, 2.05) is 19.9 Å². The Labute approximate surface area is 146 Å². The fourth-order valence-electron chi connectivity index (χ4n) is 2.49. The second-order valence-corrected chi connectivity index (χ2v) is 6.22. The first-order valence-corrected chi connectivity index (χ1v) is 7.53. The minimum atomic E-state index is -0.0724. The van der Waals surface area contributed by atoms with Gasteiger partial charge in [-0.05, 0) is 50.1 Å². The summed E-state index contributed by atoms with van der Waals surface area (Å²) in [6, 6.07) is 6.14. The fraction of sp³-hybridized carbons (Fsp3) is 0.333. The third kappa shape index (κ3) is 3.98. The number of hydrogen-bond acceptors (Lipinski definition) is 4. The highest BCUT2D eigenvalue weighted by molar-refractivity contribution is 7.13. The van der Waals surface area contributed by atoms with Gasteiger partial charge in [-0.1, -0.05) is 6.07 Å². The van der Waals surface area contributed by atoms with Crippen LogP contribution in [0.25, 0.3) is 0 Å². The van der Waals surface area contributed by atoms with Crippen LogP contribution in [0.3, 0.4) is 0 Å². The Bertz CT molecular complexity index is 673. The van der Waals surface area contributed by atoms with Crippen LogP contribution in [0.2, 0.25) is 0 Å². The standard InChI is InChI=1S/C15H17N3OS.2ClH/c1-9-14(20-10(2)17-9)15(19)18-13-4-3-11-5-6-16-8-12(11)7-13;;/h3-4,7,16H,5-6,8H2,1-2H3,(H,18,19);2*1H. The van der Waals surface area contributed by atoms with Gasteiger partial charge in [0, 0.05) is 12.2 Å². The monoisotopic (exact) mass is 359 g/mol. The molecule has 2 heterocycles. The number of aromatic nitrogens is 1. The summed E-state index contributed by atoms with van der Waals surface area (Å²) in [7, 11) is 0. The SMILES string of the molecule is Cc1nc(C)c(C(=O)Nc2ccc3c(c2)CNCC3)s1.Cl.Cl. The highest BCUT2D eigenvalue weighted by Gasteiger charge is 2.15. The van der Waals surface area contributed by atoms with Crippen LogP contribution < -0.4 is 10.6 Å². The Hall–Kier alpha value is -1.14. The zero-order valence-corrected chi connectivity index (χ0v) is 14.9. The quantitative estimate of drug-likeness (QED) is 0.862. The maximum Gasteiger partial charge on any atom is 0.267 e. The number of fused-ring (bicyclic) bond motifs is 1. The van der Waals surface area contributed by atoms with Gasteiger partial charge in [-0.25, -0.2) is 4.98 Å². The Morgan fingerprint density at radius 3 is 2.73 bits per heavy atom. The second-order valence-electron chi connectivity index (χ2n) is 5.01. The van der Waals surface area contributed by atoms with Crippen LogP contribution in [0.15, 0.2) is 18.2 Å². The lowest BCUT2D eigenvalue weighted by Gasteiger charge is -2.18. The lowest BCUT2D eigenvalue weighted by Crippen LogP contribution is -2.23. The molecule has 2 N–H and O–H groups in total. The van der Waals surface area contributed by atoms with E-state index in [1.54, 1.807) is 0 Å². The minimum Gasteiger partial charge on any atom is -0.321 e. The molecule has 0 aliphatic carbocycles. The van der Waals surface area contributed by atoms with Crippen molar-refractivity contribution in [3.05, 3.63) is 44.9 Å². The van der Waals surface area contributed by atoms with Gasteiger partial charge in [-0.2, -0.15) is 0 Å². The molecule has 0 bridgehead atoms. The summed E-state index contributed by atoms with van der Waals surface area (Å²) in [5.74, 6) is -0.0724. The molecule has 1 aromatic carbocycles. The molecule has 0 atom stereocenters. The Balaban J connectivity index is 0.00000121. The molecule has 7 heteroatoms. The smallest absolute Gasteiger partial charge is 0.267 e. The molecule has 0 fully saturated rings. The largest absolute Gasteiger partial charge is 0.321 e. The summed E-state index contributed by atoms with van der Waals surface area (Å²) >= 11 is 1.43. The van der Waals surface area contributed by atoms with Gasteiger partial charge in [0.1, 0.15) is 4.88 Å². The minimum absolute atomic E-state index is 0. The van der Waals surface area contributed by atoms with Crippen molar-refractivity contribution in [2.24, 2.45) is 0 Å². The molecule has 22 heavy (non-hydrogen) atoms. The van der Waals surface area contributed by atoms with Gasteiger partial charge >= 0.3 is 0 Å². The molecule has 0 unspecified atom stereocenters. The van der Waals surface area contributed by atoms with Crippen LogP contribution in [0, 0.1) is 13.8 Å². The number of carbonyl (C=O) groups is 1. The van der Waals surface area contributed by atoms with E-state index in [-0.39, 0.29) is 30.7 Å². The van der Waals surface area contributed by atoms with Crippen molar-refractivity contribution in [2.45, 2.75) is 26.8 Å². The van der Waals surface area contributed by atoms with E-state index in [0.29, 0.717) is 4.88 Å². The lowest BCUT2D eigenvalue weighted by atomic mass is 10.0. The predicted octanol–water partition coefficient (Wildman–Crippen LogP) is 3.50. The van der Waals surface area contributed by atoms with Gasteiger partial charge in [0.15, 0.2) is 0 Å². The van der Waals surface area contributed by atoms with Crippen LogP contribution in [0.1, 0.15) is 31.5 Å². The molecule has 1 amide bonds. The molecule has 0 spiro atoms. The molecule has 1 aliphatic heterocycles. The van der Waals surface area contributed by atoms with E-state index in [9.17, 15) is 4.79 Å². The van der Waals surface area contributed by atoms with E-state index in [1.165, 1.54) is 22.5 Å². The zero-order valence-electron chi connectivity index (χ0n) is 12.4. The Kier molecular flexibility index (Phi) is 6.81. The molecule has 3 rings (SSSR count). The normalized spacial score (nSPS) is 12.6. The molecule has 0 radical (unpaired) electrons. The van der Waals surface area contributed by atoms with Gasteiger partial charge in [0.2, 0.25) is 0 Å². The molecular formula is C15H19Cl2N3OS. The van der Waals surface area contributed by atoms with Crippen LogP contribution in [-0.2, 0) is 13.0 Å². The van der Waals surface area contributed by atoms with Crippen molar-refractivity contribution in [3.8, 4) is 0 Å². The molecule has 4 nitrogen and oxygen atoms in total. The number of hydrogen-bond donors (Lipinski definition) is 2. The summed E-state index contributed by atoms with van der Waals surface area (Å²) in [5, 5.41) is 7.23. The average Bonchev–Trinajstić information content (AvgIpc) is 2.78. The third-order valence-electron chi connectivity index (χ3n) is 3.46. The summed E-state index contributed by atoms with van der Waals surface area (Å²) in [6.07, 6.45) is 1.05. The predicted molar refractivity (Wildman–Crippen MR) is 95.9 cm³/mol. The summed E-state index contributed by atoms with van der Waals surface area (Å²) < 4.78 is 0. The second kappa shape index (κ2) is 7.92. The van der Waals surface area contributed by atoms with E-state index in [0.717, 1.165) is 35.9 Å². The van der Waals surface area contributed by atoms with E-state index in [2.05, 4.69) is 27.8 Å². The van der Waals surface area contributed by atoms with Crippen molar-refractivity contribution in [1.29, 1.82) is 0 Å². The van der Waals surface area contributed by atoms with Gasteiger partial charge in [0.25, 0.3) is 5.91 Å². The molecular weight excluding hydrogens is 341 g/mol. The van der Waals surface area contributed by atoms with E-state index in [4.69, 9.17) is 0 Å². The number of nitrogens with one attached hydrogen (secondary N) is 2. The number of anilines is 1. The maximum absolute atomic E-state index is 12.3. The molecule has 120 valence electrons. The van der Waals surface area contributed by atoms with Crippen LogP contribution in [0.4, 0.5) is 5.69 Å². The number of aryl methyl sites for hydroxylation is 2. The van der Waals surface area contributed by atoms with Crippen molar-refractivity contribution in [3.63, 3.8) is 0 Å². The number of halogens is 2. The molecule has 1 aliphatic rings. The summed E-state index contributed by atoms with van der Waals surface area (Å²) in [5.41, 5.74) is 4.28. The van der Waals surface area contributed by atoms with Crippen LogP contribution in [-0.4, -0.2) is 17.4 Å². The summed E-state index contributed by atoms with van der Waals surface area (Å²) in [6.45, 7) is 5.68. The average molecular weight is 360 g/mol.